The Morgan fingerprint density at radius 2 is 2.31 bits per heavy atom. The molecule has 0 fully saturated rings. The molecule has 0 rings (SSSR count). The number of hydrogen-bond donors (Lipinski definition) is 0. The van der Waals surface area contributed by atoms with Crippen LogP contribution in [0.25, 0.3) is 0 Å². The van der Waals surface area contributed by atoms with Crippen molar-refractivity contribution in [2.45, 2.75) is 32.8 Å². The summed E-state index contributed by atoms with van der Waals surface area (Å²) in [4.78, 5) is 9.86. The van der Waals surface area contributed by atoms with Gasteiger partial charge in [-0.2, -0.15) is 0 Å². The lowest BCUT2D eigenvalue weighted by Gasteiger charge is -2.08. The van der Waals surface area contributed by atoms with Crippen LogP contribution in [0.15, 0.2) is 12.2 Å². The number of rotatable bonds is 7. The molecule has 4 heteroatoms. The molecule has 0 aromatic carbocycles. The fraction of sp³-hybridized carbons (Fsp3) is 0.778. The highest BCUT2D eigenvalue weighted by molar-refractivity contribution is 4.86. The van der Waals surface area contributed by atoms with Gasteiger partial charge in [0.2, 0.25) is 6.54 Å². The van der Waals surface area contributed by atoms with Gasteiger partial charge in [0.05, 0.1) is 0 Å². The normalized spacial score (nSPS) is 13.4. The largest absolute Gasteiger partial charge is 0.367 e. The summed E-state index contributed by atoms with van der Waals surface area (Å²) in [6.07, 6.45) is 5.12. The summed E-state index contributed by atoms with van der Waals surface area (Å²) in [6.45, 7) is 4.34. The number of nitrogens with zero attached hydrogens (tertiary/aromatic N) is 1. The fourth-order valence-electron chi connectivity index (χ4n) is 0.910. The molecule has 4 nitrogen and oxygen atoms in total. The molecule has 0 heterocycles. The molecule has 0 aromatic heterocycles. The van der Waals surface area contributed by atoms with E-state index in [4.69, 9.17) is 4.74 Å². The molecule has 0 aromatic rings. The second-order valence-electron chi connectivity index (χ2n) is 2.80. The summed E-state index contributed by atoms with van der Waals surface area (Å²) in [5, 5.41) is 10.2. The van der Waals surface area contributed by atoms with Gasteiger partial charge in [0.1, 0.15) is 6.10 Å². The smallest absolute Gasteiger partial charge is 0.233 e. The van der Waals surface area contributed by atoms with Crippen molar-refractivity contribution in [1.29, 1.82) is 0 Å². The van der Waals surface area contributed by atoms with Crippen molar-refractivity contribution in [3.05, 3.63) is 22.3 Å². The van der Waals surface area contributed by atoms with Gasteiger partial charge in [0, 0.05) is 11.5 Å². The second kappa shape index (κ2) is 7.73. The van der Waals surface area contributed by atoms with E-state index in [0.717, 1.165) is 12.8 Å². The van der Waals surface area contributed by atoms with E-state index in [-0.39, 0.29) is 17.6 Å². The number of ether oxygens (including phenoxy) is 1. The van der Waals surface area contributed by atoms with Crippen LogP contribution in [0, 0.1) is 10.1 Å². The summed E-state index contributed by atoms with van der Waals surface area (Å²) in [5.74, 6) is 0. The third-order valence-electron chi connectivity index (χ3n) is 1.57. The Morgan fingerprint density at radius 3 is 2.77 bits per heavy atom. The topological polar surface area (TPSA) is 52.4 Å². The Morgan fingerprint density at radius 1 is 1.62 bits per heavy atom. The first-order valence-corrected chi connectivity index (χ1v) is 4.57. The van der Waals surface area contributed by atoms with Crippen LogP contribution in [0.4, 0.5) is 0 Å². The van der Waals surface area contributed by atoms with E-state index in [1.54, 1.807) is 12.2 Å². The number of hydrogen-bond acceptors (Lipinski definition) is 3. The van der Waals surface area contributed by atoms with Crippen molar-refractivity contribution in [2.24, 2.45) is 0 Å². The van der Waals surface area contributed by atoms with Crippen molar-refractivity contribution in [1.82, 2.24) is 0 Å². The first kappa shape index (κ1) is 12.1. The van der Waals surface area contributed by atoms with Gasteiger partial charge in [-0.3, -0.25) is 10.1 Å². The summed E-state index contributed by atoms with van der Waals surface area (Å²) < 4.78 is 5.31. The first-order chi connectivity index (χ1) is 6.20. The lowest BCUT2D eigenvalue weighted by atomic mass is 10.3. The summed E-state index contributed by atoms with van der Waals surface area (Å²) >= 11 is 0. The predicted molar refractivity (Wildman–Crippen MR) is 51.3 cm³/mol. The molecule has 0 spiro atoms. The van der Waals surface area contributed by atoms with E-state index < -0.39 is 0 Å². The van der Waals surface area contributed by atoms with Gasteiger partial charge in [-0.25, -0.2) is 0 Å². The van der Waals surface area contributed by atoms with Gasteiger partial charge in [-0.1, -0.05) is 25.5 Å². The molecule has 0 amide bonds. The molecular formula is C9H17NO3. The molecule has 0 saturated heterocycles. The van der Waals surface area contributed by atoms with Crippen LogP contribution >= 0.6 is 0 Å². The molecular weight excluding hydrogens is 170 g/mol. The molecule has 13 heavy (non-hydrogen) atoms. The van der Waals surface area contributed by atoms with Crippen molar-refractivity contribution < 1.29 is 9.66 Å². The van der Waals surface area contributed by atoms with Crippen LogP contribution in [0.2, 0.25) is 0 Å². The SMILES string of the molecule is C/C=C/[C@@H](C[N+](=O)[O-])OCCCC. The minimum absolute atomic E-state index is 0.145. The van der Waals surface area contributed by atoms with Crippen molar-refractivity contribution in [3.63, 3.8) is 0 Å². The molecule has 0 aliphatic carbocycles. The van der Waals surface area contributed by atoms with Crippen LogP contribution < -0.4 is 0 Å². The Hall–Kier alpha value is -0.900. The second-order valence-corrected chi connectivity index (χ2v) is 2.80. The van der Waals surface area contributed by atoms with Gasteiger partial charge in [-0.05, 0) is 13.3 Å². The van der Waals surface area contributed by atoms with Crippen LogP contribution in [-0.2, 0) is 4.74 Å². The predicted octanol–water partition coefficient (Wildman–Crippen LogP) is 2.02. The standard InChI is InChI=1S/C9H17NO3/c1-3-5-7-13-9(6-4-2)8-10(11)12/h4,6,9H,3,5,7-8H2,1-2H3/b6-4+/t9-/m0/s1. The molecule has 76 valence electrons. The van der Waals surface area contributed by atoms with Gasteiger partial charge in [0.25, 0.3) is 0 Å². The molecule has 0 radical (unpaired) electrons. The van der Waals surface area contributed by atoms with E-state index in [1.807, 2.05) is 6.92 Å². The highest BCUT2D eigenvalue weighted by Crippen LogP contribution is 1.98. The lowest BCUT2D eigenvalue weighted by molar-refractivity contribution is -0.488. The minimum atomic E-state index is -0.369. The molecule has 0 unspecified atom stereocenters. The Kier molecular flexibility index (Phi) is 7.20. The van der Waals surface area contributed by atoms with Crippen molar-refractivity contribution in [2.75, 3.05) is 13.2 Å². The summed E-state index contributed by atoms with van der Waals surface area (Å²) in [7, 11) is 0. The van der Waals surface area contributed by atoms with Gasteiger partial charge in [0.15, 0.2) is 0 Å². The van der Waals surface area contributed by atoms with Crippen molar-refractivity contribution >= 4 is 0 Å². The van der Waals surface area contributed by atoms with E-state index in [2.05, 4.69) is 6.92 Å². The van der Waals surface area contributed by atoms with E-state index in [9.17, 15) is 10.1 Å². The maximum Gasteiger partial charge on any atom is 0.233 e. The zero-order chi connectivity index (χ0) is 10.1. The number of allylic oxidation sites excluding steroid dienone is 1. The van der Waals surface area contributed by atoms with Crippen LogP contribution in [0.5, 0.6) is 0 Å². The van der Waals surface area contributed by atoms with E-state index in [1.165, 1.54) is 0 Å². The molecule has 0 bridgehead atoms. The van der Waals surface area contributed by atoms with Crippen molar-refractivity contribution in [3.8, 4) is 0 Å². The molecule has 0 saturated carbocycles. The highest BCUT2D eigenvalue weighted by atomic mass is 16.6. The third kappa shape index (κ3) is 7.46. The lowest BCUT2D eigenvalue weighted by Crippen LogP contribution is -2.21. The van der Waals surface area contributed by atoms with Gasteiger partial charge < -0.3 is 4.74 Å². The molecule has 0 N–H and O–H groups in total. The quantitative estimate of drug-likeness (QED) is 0.265. The molecule has 0 aliphatic heterocycles. The maximum atomic E-state index is 10.2. The summed E-state index contributed by atoms with van der Waals surface area (Å²) in [5.41, 5.74) is 0. The van der Waals surface area contributed by atoms with E-state index in [0.29, 0.717) is 6.61 Å². The van der Waals surface area contributed by atoms with Crippen LogP contribution in [0.3, 0.4) is 0 Å². The Bertz CT molecular complexity index is 168. The van der Waals surface area contributed by atoms with Gasteiger partial charge >= 0.3 is 0 Å². The summed E-state index contributed by atoms with van der Waals surface area (Å²) in [6, 6.07) is 0. The highest BCUT2D eigenvalue weighted by Gasteiger charge is 2.11. The Labute approximate surface area is 78.7 Å². The average Bonchev–Trinajstić information content (AvgIpc) is 2.04. The zero-order valence-electron chi connectivity index (χ0n) is 8.23. The first-order valence-electron chi connectivity index (χ1n) is 4.57. The monoisotopic (exact) mass is 187 g/mol. The maximum absolute atomic E-state index is 10.2. The van der Waals surface area contributed by atoms with E-state index >= 15 is 0 Å². The van der Waals surface area contributed by atoms with Crippen LogP contribution in [0.1, 0.15) is 26.7 Å². The zero-order valence-corrected chi connectivity index (χ0v) is 8.23. The Balaban J connectivity index is 3.73. The third-order valence-corrected chi connectivity index (χ3v) is 1.57. The average molecular weight is 187 g/mol. The number of nitro groups is 1. The fourth-order valence-corrected chi connectivity index (χ4v) is 0.910. The van der Waals surface area contributed by atoms with Gasteiger partial charge in [-0.15, -0.1) is 0 Å². The molecule has 1 atom stereocenters. The van der Waals surface area contributed by atoms with Crippen LogP contribution in [-0.4, -0.2) is 24.2 Å². The minimum Gasteiger partial charge on any atom is -0.367 e. The molecule has 0 aliphatic rings. The number of unbranched alkanes of at least 4 members (excludes halogenated alkanes) is 1.